The van der Waals surface area contributed by atoms with E-state index in [4.69, 9.17) is 9.47 Å². The summed E-state index contributed by atoms with van der Waals surface area (Å²) in [4.78, 5) is 23.0. The highest BCUT2D eigenvalue weighted by Gasteiger charge is 2.28. The molecule has 0 aliphatic rings. The molecular weight excluding hydrogens is 436 g/mol. The molecule has 30 heavy (non-hydrogen) atoms. The van der Waals surface area contributed by atoms with Gasteiger partial charge in [-0.1, -0.05) is 0 Å². The fourth-order valence-electron chi connectivity index (χ4n) is 1.57. The normalized spacial score (nSPS) is 13.4. The molecule has 0 aliphatic carbocycles. The number of carbonyl (C=O) groups is 2. The lowest BCUT2D eigenvalue weighted by Gasteiger charge is -2.19. The van der Waals surface area contributed by atoms with Gasteiger partial charge in [-0.15, -0.1) is 0 Å². The fourth-order valence-corrected chi connectivity index (χ4v) is 3.26. The number of rotatable bonds is 12. The monoisotopic (exact) mass is 470 g/mol. The quantitative estimate of drug-likeness (QED) is 0.242. The van der Waals surface area contributed by atoms with Gasteiger partial charge in [-0.25, -0.2) is 35.9 Å². The average molecular weight is 471 g/mol. The molecule has 0 aromatic carbocycles. The second kappa shape index (κ2) is 11.8. The number of esters is 2. The Hall–Kier alpha value is -1.50. The summed E-state index contributed by atoms with van der Waals surface area (Å²) in [5.41, 5.74) is 0. The number of nitrogens with one attached hydrogen (secondary N) is 2. The Balaban J connectivity index is 4.01. The van der Waals surface area contributed by atoms with Crippen molar-refractivity contribution < 1.29 is 35.9 Å². The second-order valence-electron chi connectivity index (χ2n) is 8.40. The molecule has 0 bridgehead atoms. The van der Waals surface area contributed by atoms with Crippen molar-refractivity contribution in [2.24, 2.45) is 0 Å². The number of hydrogen-bond donors (Lipinski definition) is 2. The van der Waals surface area contributed by atoms with Gasteiger partial charge in [0.1, 0.15) is 0 Å². The van der Waals surface area contributed by atoms with Crippen LogP contribution in [0.25, 0.3) is 0 Å². The van der Waals surface area contributed by atoms with Crippen LogP contribution in [0.5, 0.6) is 0 Å². The first-order valence-corrected chi connectivity index (χ1v) is 12.5. The van der Waals surface area contributed by atoms with Crippen LogP contribution in [0.15, 0.2) is 12.2 Å². The van der Waals surface area contributed by atoms with E-state index >= 15 is 0 Å². The molecule has 176 valence electrons. The summed E-state index contributed by atoms with van der Waals surface area (Å²) >= 11 is 0. The summed E-state index contributed by atoms with van der Waals surface area (Å²) < 4.78 is 60.0. The number of hydrogen-bond acceptors (Lipinski definition) is 8. The Morgan fingerprint density at radius 2 is 1.00 bits per heavy atom. The van der Waals surface area contributed by atoms with E-state index in [2.05, 4.69) is 9.44 Å². The smallest absolute Gasteiger partial charge is 0.331 e. The standard InChI is InChI=1S/C18H34N2O8S2/c1-17(2,3)29(23,24)19-11-7-13-27-15(21)9-10-16(22)28-14-8-12-20-30(25,26)18(4,5)6/h9-10,19-20H,7-8,11-14H2,1-6H3/b10-9+. The molecule has 0 spiro atoms. The van der Waals surface area contributed by atoms with Crippen LogP contribution >= 0.6 is 0 Å². The SMILES string of the molecule is CC(C)(C)S(=O)(=O)NCCCOC(=O)/C=C/C(=O)OCCCNS(=O)(=O)C(C)(C)C. The lowest BCUT2D eigenvalue weighted by molar-refractivity contribution is -0.140. The molecule has 0 aromatic heterocycles. The van der Waals surface area contributed by atoms with Crippen LogP contribution in [0, 0.1) is 0 Å². The maximum absolute atomic E-state index is 11.8. The Bertz CT molecular complexity index is 736. The molecule has 0 heterocycles. The molecule has 0 aromatic rings. The topological polar surface area (TPSA) is 145 Å². The third-order valence-corrected chi connectivity index (χ3v) is 8.08. The molecule has 0 saturated heterocycles. The first-order chi connectivity index (χ1) is 13.5. The Morgan fingerprint density at radius 1 is 0.700 bits per heavy atom. The van der Waals surface area contributed by atoms with Crippen molar-refractivity contribution in [2.45, 2.75) is 63.9 Å². The Labute approximate surface area is 179 Å². The van der Waals surface area contributed by atoms with Crippen molar-refractivity contribution in [3.05, 3.63) is 12.2 Å². The molecule has 10 nitrogen and oxygen atoms in total. The summed E-state index contributed by atoms with van der Waals surface area (Å²) in [6.45, 7) is 9.65. The Morgan fingerprint density at radius 3 is 1.27 bits per heavy atom. The summed E-state index contributed by atoms with van der Waals surface area (Å²) in [7, 11) is -6.90. The highest BCUT2D eigenvalue weighted by Crippen LogP contribution is 2.13. The lowest BCUT2D eigenvalue weighted by Crippen LogP contribution is -2.40. The van der Waals surface area contributed by atoms with E-state index in [1.165, 1.54) is 0 Å². The zero-order valence-electron chi connectivity index (χ0n) is 18.5. The molecule has 12 heteroatoms. The molecule has 0 saturated carbocycles. The fraction of sp³-hybridized carbons (Fsp3) is 0.778. The largest absolute Gasteiger partial charge is 0.462 e. The van der Waals surface area contributed by atoms with E-state index in [0.29, 0.717) is 0 Å². The van der Waals surface area contributed by atoms with E-state index in [9.17, 15) is 26.4 Å². The van der Waals surface area contributed by atoms with E-state index < -0.39 is 41.5 Å². The van der Waals surface area contributed by atoms with Crippen LogP contribution in [-0.4, -0.2) is 64.6 Å². The van der Waals surface area contributed by atoms with Gasteiger partial charge in [0.25, 0.3) is 0 Å². The minimum atomic E-state index is -3.45. The van der Waals surface area contributed by atoms with Crippen molar-refractivity contribution in [2.75, 3.05) is 26.3 Å². The van der Waals surface area contributed by atoms with E-state index in [1.54, 1.807) is 41.5 Å². The van der Waals surface area contributed by atoms with Crippen molar-refractivity contribution in [3.8, 4) is 0 Å². The maximum Gasteiger partial charge on any atom is 0.331 e. The minimum absolute atomic E-state index is 0.0151. The van der Waals surface area contributed by atoms with Crippen LogP contribution in [0.2, 0.25) is 0 Å². The zero-order valence-corrected chi connectivity index (χ0v) is 20.1. The van der Waals surface area contributed by atoms with Gasteiger partial charge < -0.3 is 9.47 Å². The molecule has 0 unspecified atom stereocenters. The minimum Gasteiger partial charge on any atom is -0.462 e. The molecule has 0 aliphatic heterocycles. The van der Waals surface area contributed by atoms with Gasteiger partial charge in [0.2, 0.25) is 20.0 Å². The van der Waals surface area contributed by atoms with Gasteiger partial charge in [-0.2, -0.15) is 0 Å². The summed E-state index contributed by atoms with van der Waals surface area (Å²) in [6, 6.07) is 0. The van der Waals surface area contributed by atoms with Crippen LogP contribution in [-0.2, 0) is 39.1 Å². The number of sulfonamides is 2. The van der Waals surface area contributed by atoms with Crippen LogP contribution in [0.1, 0.15) is 54.4 Å². The molecule has 0 fully saturated rings. The predicted molar refractivity (Wildman–Crippen MR) is 114 cm³/mol. The molecule has 0 radical (unpaired) electrons. The van der Waals surface area contributed by atoms with Gasteiger partial charge in [-0.3, -0.25) is 0 Å². The molecule has 2 N–H and O–H groups in total. The number of carbonyl (C=O) groups excluding carboxylic acids is 2. The van der Waals surface area contributed by atoms with Gasteiger partial charge in [0.05, 0.1) is 22.7 Å². The lowest BCUT2D eigenvalue weighted by atomic mass is 10.3. The van der Waals surface area contributed by atoms with Crippen molar-refractivity contribution in [3.63, 3.8) is 0 Å². The van der Waals surface area contributed by atoms with Crippen molar-refractivity contribution in [1.29, 1.82) is 0 Å². The average Bonchev–Trinajstić information content (AvgIpc) is 2.57. The summed E-state index contributed by atoms with van der Waals surface area (Å²) in [5.74, 6) is -1.52. The predicted octanol–water partition coefficient (Wildman–Crippen LogP) is 0.845. The van der Waals surface area contributed by atoms with E-state index in [1.807, 2.05) is 0 Å². The highest BCUT2D eigenvalue weighted by molar-refractivity contribution is 7.91. The van der Waals surface area contributed by atoms with Crippen molar-refractivity contribution >= 4 is 32.0 Å². The first-order valence-electron chi connectivity index (χ1n) is 9.49. The van der Waals surface area contributed by atoms with Crippen molar-refractivity contribution in [1.82, 2.24) is 9.44 Å². The van der Waals surface area contributed by atoms with E-state index in [0.717, 1.165) is 12.2 Å². The third-order valence-electron chi connectivity index (χ3n) is 3.68. The van der Waals surface area contributed by atoms with Gasteiger partial charge in [0, 0.05) is 25.2 Å². The van der Waals surface area contributed by atoms with E-state index in [-0.39, 0.29) is 39.1 Å². The van der Waals surface area contributed by atoms with Gasteiger partial charge in [0.15, 0.2) is 0 Å². The van der Waals surface area contributed by atoms with Crippen LogP contribution in [0.3, 0.4) is 0 Å². The van der Waals surface area contributed by atoms with Gasteiger partial charge in [-0.05, 0) is 54.4 Å². The highest BCUT2D eigenvalue weighted by atomic mass is 32.2. The van der Waals surface area contributed by atoms with Gasteiger partial charge >= 0.3 is 11.9 Å². The molecule has 0 rings (SSSR count). The van der Waals surface area contributed by atoms with Crippen LogP contribution < -0.4 is 9.44 Å². The first kappa shape index (κ1) is 28.5. The third kappa shape index (κ3) is 11.0. The molecule has 0 atom stereocenters. The molecular formula is C18H34N2O8S2. The van der Waals surface area contributed by atoms with Crippen LogP contribution in [0.4, 0.5) is 0 Å². The summed E-state index contributed by atoms with van der Waals surface area (Å²) in [6.07, 6.45) is 2.38. The number of ether oxygens (including phenoxy) is 2. The Kier molecular flexibility index (Phi) is 11.2. The summed E-state index contributed by atoms with van der Waals surface area (Å²) in [5, 5.41) is 0. The zero-order chi connectivity index (χ0) is 23.6. The maximum atomic E-state index is 11.8. The molecule has 0 amide bonds. The second-order valence-corrected chi connectivity index (χ2v) is 13.4.